The number of rotatable bonds is 6. The Labute approximate surface area is 166 Å². The molecular formula is C19H20INO3S. The van der Waals surface area contributed by atoms with Crippen LogP contribution in [0.1, 0.15) is 17.2 Å². The van der Waals surface area contributed by atoms with E-state index in [1.807, 2.05) is 49.5 Å². The molecule has 0 aliphatic carbocycles. The number of hydrogen-bond donors (Lipinski definition) is 0. The highest BCUT2D eigenvalue weighted by atomic mass is 127. The molecule has 25 heavy (non-hydrogen) atoms. The zero-order valence-electron chi connectivity index (χ0n) is 14.2. The Kier molecular flexibility index (Phi) is 6.11. The monoisotopic (exact) mass is 469 g/mol. The van der Waals surface area contributed by atoms with Crippen molar-refractivity contribution in [3.63, 3.8) is 0 Å². The molecule has 6 heteroatoms. The first kappa shape index (κ1) is 18.4. The van der Waals surface area contributed by atoms with Crippen LogP contribution >= 0.6 is 34.4 Å². The van der Waals surface area contributed by atoms with Gasteiger partial charge < -0.3 is 14.4 Å². The average Bonchev–Trinajstić information content (AvgIpc) is 2.65. The van der Waals surface area contributed by atoms with Gasteiger partial charge in [0.25, 0.3) is 0 Å². The molecule has 0 saturated heterocycles. The van der Waals surface area contributed by atoms with E-state index in [2.05, 4.69) is 22.6 Å². The fourth-order valence-electron chi connectivity index (χ4n) is 2.73. The van der Waals surface area contributed by atoms with Crippen LogP contribution in [0.25, 0.3) is 0 Å². The molecule has 0 radical (unpaired) electrons. The fourth-order valence-corrected chi connectivity index (χ4v) is 4.35. The van der Waals surface area contributed by atoms with Crippen LogP contribution in [0.15, 0.2) is 47.4 Å². The molecule has 3 rings (SSSR count). The molecule has 0 saturated carbocycles. The number of likely N-dealkylation sites (N-methyl/N-ethyl adjacent to an activating group) is 1. The van der Waals surface area contributed by atoms with Crippen LogP contribution in [-0.2, 0) is 4.79 Å². The van der Waals surface area contributed by atoms with Crippen molar-refractivity contribution in [2.24, 2.45) is 0 Å². The fraction of sp³-hybridized carbons (Fsp3) is 0.316. The number of carbonyl (C=O) groups is 1. The van der Waals surface area contributed by atoms with Gasteiger partial charge in [-0.05, 0) is 36.8 Å². The summed E-state index contributed by atoms with van der Waals surface area (Å²) in [6.45, 7) is 0.639. The summed E-state index contributed by atoms with van der Waals surface area (Å²) in [5.74, 6) is 1.53. The highest BCUT2D eigenvalue weighted by Gasteiger charge is 2.34. The second-order valence-electron chi connectivity index (χ2n) is 5.66. The summed E-state index contributed by atoms with van der Waals surface area (Å²) in [7, 11) is 3.46. The van der Waals surface area contributed by atoms with Crippen molar-refractivity contribution in [1.82, 2.24) is 0 Å². The summed E-state index contributed by atoms with van der Waals surface area (Å²) in [5, 5.41) is -0.343. The van der Waals surface area contributed by atoms with E-state index in [4.69, 9.17) is 9.47 Å². The van der Waals surface area contributed by atoms with Crippen molar-refractivity contribution in [3.8, 4) is 11.5 Å². The second-order valence-corrected chi connectivity index (χ2v) is 7.88. The molecule has 1 atom stereocenters. The molecule has 1 aliphatic heterocycles. The van der Waals surface area contributed by atoms with E-state index in [-0.39, 0.29) is 11.2 Å². The first-order chi connectivity index (χ1) is 12.2. The number of thioether (sulfide) groups is 1. The number of fused-ring (bicyclic) bond motifs is 1. The second kappa shape index (κ2) is 8.31. The van der Waals surface area contributed by atoms with Crippen molar-refractivity contribution in [2.45, 2.75) is 16.6 Å². The number of nitrogens with zero attached hydrogens (tertiary/aromatic N) is 1. The SMILES string of the molecule is COc1ccc(OCCCI)c([C@@H]2Sc3ccccc3N(C)C2=O)c1. The number of anilines is 1. The molecule has 2 aromatic rings. The molecule has 0 spiro atoms. The van der Waals surface area contributed by atoms with Crippen LogP contribution in [0, 0.1) is 0 Å². The summed E-state index contributed by atoms with van der Waals surface area (Å²) in [6.07, 6.45) is 0.973. The van der Waals surface area contributed by atoms with Crippen LogP contribution in [0.2, 0.25) is 0 Å². The first-order valence-electron chi connectivity index (χ1n) is 8.05. The number of halogens is 1. The van der Waals surface area contributed by atoms with Gasteiger partial charge in [0, 0.05) is 21.9 Å². The van der Waals surface area contributed by atoms with Crippen LogP contribution in [0.5, 0.6) is 11.5 Å². The molecule has 4 nitrogen and oxygen atoms in total. The van der Waals surface area contributed by atoms with Gasteiger partial charge in [-0.2, -0.15) is 0 Å². The summed E-state index contributed by atoms with van der Waals surface area (Å²) < 4.78 is 12.4. The number of amides is 1. The van der Waals surface area contributed by atoms with Crippen LogP contribution in [0.3, 0.4) is 0 Å². The third kappa shape index (κ3) is 3.89. The predicted octanol–water partition coefficient (Wildman–Crippen LogP) is 4.71. The zero-order valence-corrected chi connectivity index (χ0v) is 17.2. The van der Waals surface area contributed by atoms with Gasteiger partial charge in [-0.15, -0.1) is 11.8 Å². The first-order valence-corrected chi connectivity index (χ1v) is 10.5. The Morgan fingerprint density at radius 3 is 2.80 bits per heavy atom. The molecule has 1 heterocycles. The molecule has 1 amide bonds. The van der Waals surface area contributed by atoms with Gasteiger partial charge in [0.2, 0.25) is 5.91 Å². The Bertz CT molecular complexity index is 768. The molecular weight excluding hydrogens is 449 g/mol. The van der Waals surface area contributed by atoms with Crippen molar-refractivity contribution >= 4 is 45.9 Å². The third-order valence-electron chi connectivity index (χ3n) is 4.06. The number of ether oxygens (including phenoxy) is 2. The third-order valence-corrected chi connectivity index (χ3v) is 6.11. The van der Waals surface area contributed by atoms with Crippen LogP contribution in [0.4, 0.5) is 5.69 Å². The van der Waals surface area contributed by atoms with Crippen molar-refractivity contribution in [2.75, 3.05) is 30.1 Å². The predicted molar refractivity (Wildman–Crippen MR) is 110 cm³/mol. The average molecular weight is 469 g/mol. The minimum Gasteiger partial charge on any atom is -0.497 e. The van der Waals surface area contributed by atoms with E-state index in [1.54, 1.807) is 23.8 Å². The van der Waals surface area contributed by atoms with E-state index in [0.717, 1.165) is 38.5 Å². The maximum atomic E-state index is 13.0. The number of hydrogen-bond acceptors (Lipinski definition) is 4. The molecule has 0 unspecified atom stereocenters. The lowest BCUT2D eigenvalue weighted by molar-refractivity contribution is -0.118. The lowest BCUT2D eigenvalue weighted by atomic mass is 10.1. The van der Waals surface area contributed by atoms with Crippen molar-refractivity contribution in [3.05, 3.63) is 48.0 Å². The minimum absolute atomic E-state index is 0.0516. The van der Waals surface area contributed by atoms with Gasteiger partial charge in [0.05, 0.1) is 19.4 Å². The van der Waals surface area contributed by atoms with Gasteiger partial charge in [0.1, 0.15) is 16.7 Å². The van der Waals surface area contributed by atoms with Gasteiger partial charge in [-0.1, -0.05) is 34.7 Å². The van der Waals surface area contributed by atoms with E-state index < -0.39 is 0 Å². The Hall–Kier alpha value is -1.41. The van der Waals surface area contributed by atoms with Gasteiger partial charge in [-0.25, -0.2) is 0 Å². The van der Waals surface area contributed by atoms with Crippen LogP contribution < -0.4 is 14.4 Å². The summed E-state index contributed by atoms with van der Waals surface area (Å²) in [6, 6.07) is 13.7. The lowest BCUT2D eigenvalue weighted by Gasteiger charge is -2.32. The van der Waals surface area contributed by atoms with Crippen molar-refractivity contribution < 1.29 is 14.3 Å². The highest BCUT2D eigenvalue weighted by molar-refractivity contribution is 14.1. The molecule has 1 aliphatic rings. The number of alkyl halides is 1. The summed E-state index contributed by atoms with van der Waals surface area (Å²) in [4.78, 5) is 15.8. The highest BCUT2D eigenvalue weighted by Crippen LogP contribution is 2.48. The van der Waals surface area contributed by atoms with Gasteiger partial charge in [-0.3, -0.25) is 4.79 Å². The molecule has 0 N–H and O–H groups in total. The zero-order chi connectivity index (χ0) is 17.8. The Morgan fingerprint density at radius 2 is 2.04 bits per heavy atom. The Balaban J connectivity index is 1.98. The Morgan fingerprint density at radius 1 is 1.24 bits per heavy atom. The van der Waals surface area contributed by atoms with E-state index >= 15 is 0 Å². The minimum atomic E-state index is -0.343. The number of methoxy groups -OCH3 is 1. The molecule has 2 aromatic carbocycles. The quantitative estimate of drug-likeness (QED) is 0.349. The topological polar surface area (TPSA) is 38.8 Å². The van der Waals surface area contributed by atoms with Gasteiger partial charge in [0.15, 0.2) is 0 Å². The molecule has 0 fully saturated rings. The van der Waals surface area contributed by atoms with Crippen molar-refractivity contribution in [1.29, 1.82) is 0 Å². The maximum Gasteiger partial charge on any atom is 0.244 e. The summed E-state index contributed by atoms with van der Waals surface area (Å²) in [5.41, 5.74) is 1.81. The molecule has 0 aromatic heterocycles. The summed E-state index contributed by atoms with van der Waals surface area (Å²) >= 11 is 3.90. The standard InChI is InChI=1S/C19H20INO3S/c1-21-15-6-3-4-7-17(15)25-18(19(21)22)14-12-13(23-2)8-9-16(14)24-11-5-10-20/h3-4,6-9,12,18H,5,10-11H2,1-2H3/t18-/m0/s1. The maximum absolute atomic E-state index is 13.0. The van der Waals surface area contributed by atoms with E-state index in [0.29, 0.717) is 6.61 Å². The number of carbonyl (C=O) groups excluding carboxylic acids is 1. The van der Waals surface area contributed by atoms with Gasteiger partial charge >= 0.3 is 0 Å². The van der Waals surface area contributed by atoms with Crippen LogP contribution in [-0.4, -0.2) is 31.1 Å². The lowest BCUT2D eigenvalue weighted by Crippen LogP contribution is -2.33. The smallest absolute Gasteiger partial charge is 0.244 e. The number of para-hydroxylation sites is 1. The number of benzene rings is 2. The molecule has 0 bridgehead atoms. The van der Waals surface area contributed by atoms with E-state index in [1.165, 1.54) is 0 Å². The van der Waals surface area contributed by atoms with E-state index in [9.17, 15) is 4.79 Å². The largest absolute Gasteiger partial charge is 0.497 e. The normalized spacial score (nSPS) is 16.5. The molecule has 132 valence electrons.